The van der Waals surface area contributed by atoms with Crippen molar-refractivity contribution in [1.29, 1.82) is 0 Å². The Bertz CT molecular complexity index is 434. The Morgan fingerprint density at radius 1 is 1.30 bits per heavy atom. The lowest BCUT2D eigenvalue weighted by molar-refractivity contribution is 0.0967. The number of hydrogen-bond donors (Lipinski definition) is 0. The maximum absolute atomic E-state index is 5.70. The van der Waals surface area contributed by atoms with Crippen LogP contribution in [0.3, 0.4) is 0 Å². The van der Waals surface area contributed by atoms with E-state index in [2.05, 4.69) is 33.7 Å². The van der Waals surface area contributed by atoms with Gasteiger partial charge in [-0.1, -0.05) is 19.4 Å². The van der Waals surface area contributed by atoms with Gasteiger partial charge in [0.15, 0.2) is 0 Å². The number of aromatic nitrogens is 2. The molecule has 0 amide bonds. The lowest BCUT2D eigenvalue weighted by Gasteiger charge is -2.22. The minimum Gasteiger partial charge on any atom is -0.473 e. The fourth-order valence-corrected chi connectivity index (χ4v) is 2.61. The SMILES string of the molecule is CCCCOCCOc1nsnc1C1=CCCN(C)C1. The van der Waals surface area contributed by atoms with Crippen molar-refractivity contribution >= 4 is 17.3 Å². The Morgan fingerprint density at radius 3 is 3.00 bits per heavy atom. The summed E-state index contributed by atoms with van der Waals surface area (Å²) in [7, 11) is 2.12. The summed E-state index contributed by atoms with van der Waals surface area (Å²) in [6.45, 7) is 6.11. The number of hydrogen-bond acceptors (Lipinski definition) is 6. The molecular formula is C14H23N3O2S. The zero-order chi connectivity index (χ0) is 14.2. The van der Waals surface area contributed by atoms with E-state index in [9.17, 15) is 0 Å². The Kier molecular flexibility index (Phi) is 6.42. The van der Waals surface area contributed by atoms with Crippen LogP contribution in [0.4, 0.5) is 0 Å². The summed E-state index contributed by atoms with van der Waals surface area (Å²) in [4.78, 5) is 2.28. The molecule has 1 aliphatic rings. The first-order chi connectivity index (χ1) is 9.81. The summed E-state index contributed by atoms with van der Waals surface area (Å²) in [5.74, 6) is 0.649. The highest BCUT2D eigenvalue weighted by atomic mass is 32.1. The fourth-order valence-electron chi connectivity index (χ4n) is 2.08. The van der Waals surface area contributed by atoms with Crippen LogP contribution in [-0.4, -0.2) is 53.6 Å². The number of nitrogens with zero attached hydrogens (tertiary/aromatic N) is 3. The predicted molar refractivity (Wildman–Crippen MR) is 81.2 cm³/mol. The summed E-state index contributed by atoms with van der Waals surface area (Å²) in [6.07, 6.45) is 5.55. The highest BCUT2D eigenvalue weighted by molar-refractivity contribution is 6.99. The maximum atomic E-state index is 5.70. The Labute approximate surface area is 124 Å². The van der Waals surface area contributed by atoms with Gasteiger partial charge in [0, 0.05) is 19.7 Å². The van der Waals surface area contributed by atoms with Crippen LogP contribution in [-0.2, 0) is 4.74 Å². The summed E-state index contributed by atoms with van der Waals surface area (Å²) in [5, 5.41) is 0. The minimum absolute atomic E-state index is 0.533. The molecule has 0 bridgehead atoms. The zero-order valence-electron chi connectivity index (χ0n) is 12.3. The molecule has 5 nitrogen and oxygen atoms in total. The highest BCUT2D eigenvalue weighted by Gasteiger charge is 2.18. The van der Waals surface area contributed by atoms with Crippen LogP contribution in [0.1, 0.15) is 31.9 Å². The summed E-state index contributed by atoms with van der Waals surface area (Å²) >= 11 is 1.21. The predicted octanol–water partition coefficient (Wildman–Crippen LogP) is 2.45. The minimum atomic E-state index is 0.533. The van der Waals surface area contributed by atoms with Gasteiger partial charge in [-0.25, -0.2) is 0 Å². The van der Waals surface area contributed by atoms with Crippen LogP contribution in [0.2, 0.25) is 0 Å². The van der Waals surface area contributed by atoms with Crippen LogP contribution in [0.15, 0.2) is 6.08 Å². The molecule has 2 heterocycles. The van der Waals surface area contributed by atoms with Gasteiger partial charge in [0.25, 0.3) is 5.88 Å². The second kappa shape index (κ2) is 8.34. The molecule has 1 aromatic heterocycles. The van der Waals surface area contributed by atoms with E-state index in [4.69, 9.17) is 9.47 Å². The molecule has 0 aliphatic carbocycles. The van der Waals surface area contributed by atoms with E-state index in [-0.39, 0.29) is 0 Å². The number of likely N-dealkylation sites (N-methyl/N-ethyl adjacent to an activating group) is 1. The lowest BCUT2D eigenvalue weighted by atomic mass is 10.1. The number of ether oxygens (including phenoxy) is 2. The van der Waals surface area contributed by atoms with Gasteiger partial charge in [-0.2, -0.15) is 4.37 Å². The third-order valence-electron chi connectivity index (χ3n) is 3.21. The molecule has 20 heavy (non-hydrogen) atoms. The third-order valence-corrected chi connectivity index (χ3v) is 3.72. The van der Waals surface area contributed by atoms with E-state index in [1.54, 1.807) is 0 Å². The van der Waals surface area contributed by atoms with Crippen molar-refractivity contribution in [2.24, 2.45) is 0 Å². The Morgan fingerprint density at radius 2 is 2.20 bits per heavy atom. The van der Waals surface area contributed by atoms with Crippen LogP contribution in [0, 0.1) is 0 Å². The molecule has 0 saturated heterocycles. The molecule has 1 aromatic rings. The Hall–Kier alpha value is -0.980. The van der Waals surface area contributed by atoms with Crippen molar-refractivity contribution in [1.82, 2.24) is 13.6 Å². The van der Waals surface area contributed by atoms with E-state index >= 15 is 0 Å². The van der Waals surface area contributed by atoms with Gasteiger partial charge in [0.2, 0.25) is 0 Å². The van der Waals surface area contributed by atoms with Crippen molar-refractivity contribution < 1.29 is 9.47 Å². The van der Waals surface area contributed by atoms with Gasteiger partial charge in [-0.3, -0.25) is 0 Å². The molecule has 0 saturated carbocycles. The summed E-state index contributed by atoms with van der Waals surface area (Å²) in [5.41, 5.74) is 2.12. The van der Waals surface area contributed by atoms with E-state index in [0.29, 0.717) is 19.1 Å². The molecule has 112 valence electrons. The second-order valence-electron chi connectivity index (χ2n) is 4.99. The van der Waals surface area contributed by atoms with E-state index in [1.807, 2.05) is 0 Å². The largest absolute Gasteiger partial charge is 0.473 e. The van der Waals surface area contributed by atoms with Gasteiger partial charge in [0.1, 0.15) is 12.3 Å². The van der Waals surface area contributed by atoms with Crippen LogP contribution < -0.4 is 4.74 Å². The van der Waals surface area contributed by atoms with Crippen LogP contribution >= 0.6 is 11.7 Å². The van der Waals surface area contributed by atoms with Crippen molar-refractivity contribution in [2.45, 2.75) is 26.2 Å². The molecule has 6 heteroatoms. The van der Waals surface area contributed by atoms with Crippen LogP contribution in [0.25, 0.3) is 5.57 Å². The first-order valence-corrected chi connectivity index (χ1v) is 7.95. The quantitative estimate of drug-likeness (QED) is 0.690. The summed E-state index contributed by atoms with van der Waals surface area (Å²) < 4.78 is 19.8. The van der Waals surface area contributed by atoms with Crippen LogP contribution in [0.5, 0.6) is 5.88 Å². The van der Waals surface area contributed by atoms with Crippen molar-refractivity contribution in [2.75, 3.05) is 40.0 Å². The molecule has 0 fully saturated rings. The number of unbranched alkanes of at least 4 members (excludes halogenated alkanes) is 1. The van der Waals surface area contributed by atoms with Gasteiger partial charge < -0.3 is 14.4 Å². The third kappa shape index (κ3) is 4.54. The van der Waals surface area contributed by atoms with E-state index in [1.165, 1.54) is 17.3 Å². The maximum Gasteiger partial charge on any atom is 0.253 e. The Balaban J connectivity index is 1.81. The van der Waals surface area contributed by atoms with Gasteiger partial charge in [-0.05, 0) is 25.5 Å². The first kappa shape index (κ1) is 15.4. The summed E-state index contributed by atoms with van der Waals surface area (Å²) in [6, 6.07) is 0. The van der Waals surface area contributed by atoms with Crippen molar-refractivity contribution in [3.63, 3.8) is 0 Å². The van der Waals surface area contributed by atoms with Crippen molar-refractivity contribution in [3.8, 4) is 5.88 Å². The van der Waals surface area contributed by atoms with E-state index in [0.717, 1.165) is 44.7 Å². The van der Waals surface area contributed by atoms with Gasteiger partial charge in [-0.15, -0.1) is 4.37 Å². The second-order valence-corrected chi connectivity index (χ2v) is 5.52. The smallest absolute Gasteiger partial charge is 0.253 e. The average Bonchev–Trinajstić information content (AvgIpc) is 2.91. The fraction of sp³-hybridized carbons (Fsp3) is 0.714. The molecule has 0 atom stereocenters. The molecule has 0 aromatic carbocycles. The lowest BCUT2D eigenvalue weighted by Crippen LogP contribution is -2.25. The van der Waals surface area contributed by atoms with Crippen molar-refractivity contribution in [3.05, 3.63) is 11.8 Å². The topological polar surface area (TPSA) is 47.5 Å². The first-order valence-electron chi connectivity index (χ1n) is 7.22. The highest BCUT2D eigenvalue weighted by Crippen LogP contribution is 2.26. The standard InChI is InChI=1S/C14H23N3O2S/c1-3-4-8-18-9-10-19-14-13(15-20-16-14)12-6-5-7-17(2)11-12/h6H,3-5,7-11H2,1-2H3. The normalized spacial score (nSPS) is 16.2. The van der Waals surface area contributed by atoms with Gasteiger partial charge in [0.05, 0.1) is 18.3 Å². The number of rotatable bonds is 8. The molecule has 0 unspecified atom stereocenters. The molecule has 1 aliphatic heterocycles. The molecule has 0 radical (unpaired) electrons. The molecule has 0 spiro atoms. The zero-order valence-corrected chi connectivity index (χ0v) is 13.1. The van der Waals surface area contributed by atoms with E-state index < -0.39 is 0 Å². The molecular weight excluding hydrogens is 274 g/mol. The molecule has 2 rings (SSSR count). The average molecular weight is 297 g/mol. The van der Waals surface area contributed by atoms with Gasteiger partial charge >= 0.3 is 0 Å². The monoisotopic (exact) mass is 297 g/mol. The molecule has 0 N–H and O–H groups in total.